The summed E-state index contributed by atoms with van der Waals surface area (Å²) in [5, 5.41) is 6.36. The highest BCUT2D eigenvalue weighted by Crippen LogP contribution is 2.32. The number of hydrogen-bond donors (Lipinski definition) is 2. The van der Waals surface area contributed by atoms with Crippen LogP contribution in [0.3, 0.4) is 0 Å². The maximum atomic E-state index is 13.0. The zero-order valence-electron chi connectivity index (χ0n) is 16.2. The van der Waals surface area contributed by atoms with E-state index >= 15 is 0 Å². The molecule has 1 aliphatic heterocycles. The van der Waals surface area contributed by atoms with E-state index < -0.39 is 5.41 Å². The summed E-state index contributed by atoms with van der Waals surface area (Å²) in [6.45, 7) is 6.02. The van der Waals surface area contributed by atoms with Gasteiger partial charge in [0.25, 0.3) is 0 Å². The van der Waals surface area contributed by atoms with Crippen molar-refractivity contribution in [2.45, 2.75) is 26.7 Å². The number of nitrogens with one attached hydrogen (secondary N) is 2. The molecule has 1 aromatic heterocycles. The molecule has 6 nitrogen and oxygen atoms in total. The van der Waals surface area contributed by atoms with Crippen LogP contribution in [0.4, 0.5) is 5.69 Å². The van der Waals surface area contributed by atoms with Gasteiger partial charge in [-0.3, -0.25) is 4.79 Å². The fourth-order valence-electron chi connectivity index (χ4n) is 3.35. The van der Waals surface area contributed by atoms with Gasteiger partial charge in [0.2, 0.25) is 11.8 Å². The maximum Gasteiger partial charge on any atom is 0.233 e. The average molecular weight is 369 g/mol. The number of nitrogens with zero attached hydrogens (tertiary/aromatic N) is 1. The predicted octanol–water partition coefficient (Wildman–Crippen LogP) is 3.45. The molecule has 2 N–H and O–H groups in total. The Morgan fingerprint density at radius 1 is 1.22 bits per heavy atom. The summed E-state index contributed by atoms with van der Waals surface area (Å²) in [6, 6.07) is 9.48. The second kappa shape index (κ2) is 8.50. The molecule has 0 aliphatic carbocycles. The number of rotatable bonds is 6. The van der Waals surface area contributed by atoms with E-state index in [0.717, 1.165) is 37.1 Å². The quantitative estimate of drug-likeness (QED) is 0.816. The molecule has 0 unspecified atom stereocenters. The van der Waals surface area contributed by atoms with Gasteiger partial charge in [-0.1, -0.05) is 6.07 Å². The highest BCUT2D eigenvalue weighted by atomic mass is 16.5. The molecule has 2 heterocycles. The van der Waals surface area contributed by atoms with Crippen LogP contribution in [0.15, 0.2) is 36.5 Å². The second-order valence-electron chi connectivity index (χ2n) is 7.17. The Morgan fingerprint density at radius 2 is 2.00 bits per heavy atom. The molecule has 1 amide bonds. The first-order chi connectivity index (χ1) is 13.0. The number of aromatic nitrogens is 1. The lowest BCUT2D eigenvalue weighted by atomic mass is 9.78. The van der Waals surface area contributed by atoms with E-state index in [4.69, 9.17) is 9.47 Å². The van der Waals surface area contributed by atoms with Crippen molar-refractivity contribution >= 4 is 11.6 Å². The molecule has 1 aliphatic rings. The van der Waals surface area contributed by atoms with Crippen molar-refractivity contribution in [3.63, 3.8) is 0 Å². The first-order valence-corrected chi connectivity index (χ1v) is 9.25. The lowest BCUT2D eigenvalue weighted by Gasteiger charge is -2.35. The van der Waals surface area contributed by atoms with Crippen LogP contribution in [0.2, 0.25) is 0 Å². The molecule has 0 atom stereocenters. The number of aryl methyl sites for hydroxylation is 2. The van der Waals surface area contributed by atoms with Crippen molar-refractivity contribution in [1.29, 1.82) is 0 Å². The highest BCUT2D eigenvalue weighted by molar-refractivity contribution is 5.95. The highest BCUT2D eigenvalue weighted by Gasteiger charge is 2.39. The minimum absolute atomic E-state index is 0.00525. The first-order valence-electron chi connectivity index (χ1n) is 9.25. The number of anilines is 1. The smallest absolute Gasteiger partial charge is 0.233 e. The van der Waals surface area contributed by atoms with Gasteiger partial charge in [0, 0.05) is 31.1 Å². The fourth-order valence-corrected chi connectivity index (χ4v) is 3.35. The standard InChI is InChI=1S/C21H27N3O3/c1-15-6-9-23-19(12-15)27-18-13-17(5-4-16(18)2)24-20(25)21(14-26-3)7-10-22-11-8-21/h4-6,9,12-13,22H,7-8,10-11,14H2,1-3H3,(H,24,25). The monoisotopic (exact) mass is 369 g/mol. The predicted molar refractivity (Wildman–Crippen MR) is 105 cm³/mol. The Kier molecular flexibility index (Phi) is 6.08. The molecule has 1 saturated heterocycles. The van der Waals surface area contributed by atoms with E-state index in [1.807, 2.05) is 44.2 Å². The van der Waals surface area contributed by atoms with Crippen molar-refractivity contribution in [2.75, 3.05) is 32.1 Å². The molecule has 27 heavy (non-hydrogen) atoms. The van der Waals surface area contributed by atoms with Crippen LogP contribution in [0, 0.1) is 19.3 Å². The van der Waals surface area contributed by atoms with Crippen molar-refractivity contribution < 1.29 is 14.3 Å². The molecule has 6 heteroatoms. The van der Waals surface area contributed by atoms with Gasteiger partial charge in [-0.2, -0.15) is 0 Å². The van der Waals surface area contributed by atoms with E-state index in [9.17, 15) is 4.79 Å². The van der Waals surface area contributed by atoms with Crippen molar-refractivity contribution in [2.24, 2.45) is 5.41 Å². The third-order valence-electron chi connectivity index (χ3n) is 5.01. The number of carbonyl (C=O) groups excluding carboxylic acids is 1. The number of pyridine rings is 1. The molecule has 0 radical (unpaired) electrons. The molecule has 1 aromatic carbocycles. The molecule has 3 rings (SSSR count). The second-order valence-corrected chi connectivity index (χ2v) is 7.17. The minimum atomic E-state index is -0.496. The number of amides is 1. The lowest BCUT2D eigenvalue weighted by molar-refractivity contribution is -0.130. The maximum absolute atomic E-state index is 13.0. The number of benzene rings is 1. The third kappa shape index (κ3) is 4.64. The molecule has 1 fully saturated rings. The van der Waals surface area contributed by atoms with Crippen molar-refractivity contribution in [3.05, 3.63) is 47.7 Å². The molecule has 2 aromatic rings. The Morgan fingerprint density at radius 3 is 2.70 bits per heavy atom. The molecule has 0 spiro atoms. The summed E-state index contributed by atoms with van der Waals surface area (Å²) < 4.78 is 11.3. The molecule has 0 saturated carbocycles. The summed E-state index contributed by atoms with van der Waals surface area (Å²) in [4.78, 5) is 17.2. The van der Waals surface area contributed by atoms with Crippen molar-refractivity contribution in [3.8, 4) is 11.6 Å². The Balaban J connectivity index is 1.77. The van der Waals surface area contributed by atoms with Crippen LogP contribution in [-0.4, -0.2) is 37.7 Å². The minimum Gasteiger partial charge on any atom is -0.439 e. The summed E-state index contributed by atoms with van der Waals surface area (Å²) in [5.74, 6) is 1.21. The van der Waals surface area contributed by atoms with Crippen LogP contribution in [0.5, 0.6) is 11.6 Å². The van der Waals surface area contributed by atoms with E-state index in [-0.39, 0.29) is 5.91 Å². The van der Waals surface area contributed by atoms with Gasteiger partial charge in [0.15, 0.2) is 0 Å². The van der Waals surface area contributed by atoms with Crippen LogP contribution < -0.4 is 15.4 Å². The molecular weight excluding hydrogens is 342 g/mol. The number of piperidine rings is 1. The Bertz CT molecular complexity index is 795. The average Bonchev–Trinajstić information content (AvgIpc) is 2.65. The first kappa shape index (κ1) is 19.3. The summed E-state index contributed by atoms with van der Waals surface area (Å²) in [7, 11) is 1.64. The number of methoxy groups -OCH3 is 1. The summed E-state index contributed by atoms with van der Waals surface area (Å²) in [5.41, 5.74) is 2.27. The van der Waals surface area contributed by atoms with E-state index in [1.165, 1.54) is 0 Å². The summed E-state index contributed by atoms with van der Waals surface area (Å²) in [6.07, 6.45) is 3.24. The fraction of sp³-hybridized carbons (Fsp3) is 0.429. The third-order valence-corrected chi connectivity index (χ3v) is 5.01. The normalized spacial score (nSPS) is 16.0. The van der Waals surface area contributed by atoms with Crippen LogP contribution in [-0.2, 0) is 9.53 Å². The lowest BCUT2D eigenvalue weighted by Crippen LogP contribution is -2.47. The van der Waals surface area contributed by atoms with Crippen LogP contribution in [0.25, 0.3) is 0 Å². The van der Waals surface area contributed by atoms with Gasteiger partial charge in [-0.25, -0.2) is 4.98 Å². The van der Waals surface area contributed by atoms with Crippen LogP contribution >= 0.6 is 0 Å². The van der Waals surface area contributed by atoms with E-state index in [1.54, 1.807) is 13.3 Å². The Hall–Kier alpha value is -2.44. The van der Waals surface area contributed by atoms with Crippen LogP contribution in [0.1, 0.15) is 24.0 Å². The van der Waals surface area contributed by atoms with Gasteiger partial charge in [0.1, 0.15) is 5.75 Å². The number of hydrogen-bond acceptors (Lipinski definition) is 5. The molecule has 0 bridgehead atoms. The largest absolute Gasteiger partial charge is 0.439 e. The van der Waals surface area contributed by atoms with Gasteiger partial charge >= 0.3 is 0 Å². The number of carbonyl (C=O) groups is 1. The van der Waals surface area contributed by atoms with Gasteiger partial charge < -0.3 is 20.1 Å². The molecular formula is C21H27N3O3. The zero-order chi connectivity index (χ0) is 19.3. The van der Waals surface area contributed by atoms with Gasteiger partial charge in [-0.05, 0) is 63.0 Å². The van der Waals surface area contributed by atoms with E-state index in [2.05, 4.69) is 15.6 Å². The molecule has 144 valence electrons. The number of ether oxygens (including phenoxy) is 2. The van der Waals surface area contributed by atoms with E-state index in [0.29, 0.717) is 23.9 Å². The SMILES string of the molecule is COCC1(C(=O)Nc2ccc(C)c(Oc3cc(C)ccn3)c2)CCNCC1. The van der Waals surface area contributed by atoms with Crippen molar-refractivity contribution in [1.82, 2.24) is 10.3 Å². The zero-order valence-corrected chi connectivity index (χ0v) is 16.2. The summed E-state index contributed by atoms with van der Waals surface area (Å²) >= 11 is 0. The topological polar surface area (TPSA) is 72.5 Å². The van der Waals surface area contributed by atoms with Gasteiger partial charge in [-0.15, -0.1) is 0 Å². The van der Waals surface area contributed by atoms with Gasteiger partial charge in [0.05, 0.1) is 12.0 Å². The Labute approximate surface area is 160 Å².